The van der Waals surface area contributed by atoms with Crippen LogP contribution in [0.4, 0.5) is 13.2 Å². The van der Waals surface area contributed by atoms with Crippen molar-refractivity contribution in [3.8, 4) is 0 Å². The molecule has 1 N–H and O–H groups in total. The Morgan fingerprint density at radius 3 is 2.17 bits per heavy atom. The van der Waals surface area contributed by atoms with Crippen LogP contribution in [0.1, 0.15) is 34.6 Å². The Bertz CT molecular complexity index is 720. The number of hydrogen-bond donors (Lipinski definition) is 1. The molecule has 0 saturated carbocycles. The monoisotopic (exact) mass is 325 g/mol. The van der Waals surface area contributed by atoms with E-state index in [0.29, 0.717) is 0 Å². The van der Waals surface area contributed by atoms with Gasteiger partial charge in [0.1, 0.15) is 0 Å². The number of carbonyl (C=O) groups is 3. The van der Waals surface area contributed by atoms with Crippen LogP contribution in [0.15, 0.2) is 35.4 Å². The smallest absolute Gasteiger partial charge is 0.348 e. The normalized spacial score (nSPS) is 16.2. The lowest BCUT2D eigenvalue weighted by Crippen LogP contribution is -2.40. The van der Waals surface area contributed by atoms with Gasteiger partial charge in [0, 0.05) is 34.7 Å². The zero-order valence-electron chi connectivity index (χ0n) is 12.5. The van der Waals surface area contributed by atoms with E-state index in [-0.39, 0.29) is 34.6 Å². The van der Waals surface area contributed by atoms with Crippen molar-refractivity contribution in [2.24, 2.45) is 5.92 Å². The van der Waals surface area contributed by atoms with Crippen molar-refractivity contribution in [1.82, 2.24) is 5.32 Å². The average Bonchev–Trinajstić information content (AvgIpc) is 2.49. The van der Waals surface area contributed by atoms with Gasteiger partial charge in [0.05, 0.1) is 0 Å². The summed E-state index contributed by atoms with van der Waals surface area (Å²) in [6.07, 6.45) is -4.98. The molecule has 0 radical (unpaired) electrons. The number of amides is 1. The van der Waals surface area contributed by atoms with E-state index in [1.165, 1.54) is 26.0 Å². The quantitative estimate of drug-likeness (QED) is 0.929. The van der Waals surface area contributed by atoms with Crippen LogP contribution in [0.3, 0.4) is 0 Å². The molecule has 1 aliphatic rings. The van der Waals surface area contributed by atoms with Crippen LogP contribution < -0.4 is 5.32 Å². The van der Waals surface area contributed by atoms with Crippen LogP contribution in [-0.4, -0.2) is 30.2 Å². The van der Waals surface area contributed by atoms with E-state index in [2.05, 4.69) is 0 Å². The molecule has 2 rings (SSSR count). The number of ketones is 2. The second-order valence-electron chi connectivity index (χ2n) is 5.35. The highest BCUT2D eigenvalue weighted by molar-refractivity contribution is 6.26. The van der Waals surface area contributed by atoms with Gasteiger partial charge in [0.15, 0.2) is 11.6 Å². The average molecular weight is 325 g/mol. The fraction of sp³-hybridized carbons (Fsp3) is 0.312. The van der Waals surface area contributed by atoms with Gasteiger partial charge in [-0.1, -0.05) is 31.2 Å². The summed E-state index contributed by atoms with van der Waals surface area (Å²) in [6, 6.07) is 6.28. The SMILES string of the molecule is CC1=C(C(C)CNC(=O)C(F)(F)F)C(=O)c2ccccc2C1=O. The van der Waals surface area contributed by atoms with E-state index < -0.39 is 23.8 Å². The Kier molecular flexibility index (Phi) is 4.40. The van der Waals surface area contributed by atoms with E-state index >= 15 is 0 Å². The van der Waals surface area contributed by atoms with Crippen molar-refractivity contribution in [3.63, 3.8) is 0 Å². The topological polar surface area (TPSA) is 63.2 Å². The predicted molar refractivity (Wildman–Crippen MR) is 76.0 cm³/mol. The van der Waals surface area contributed by atoms with Gasteiger partial charge in [-0.15, -0.1) is 0 Å². The number of rotatable bonds is 3. The van der Waals surface area contributed by atoms with Gasteiger partial charge in [-0.3, -0.25) is 14.4 Å². The molecule has 0 aliphatic heterocycles. The number of carbonyl (C=O) groups excluding carboxylic acids is 3. The minimum atomic E-state index is -4.98. The number of hydrogen-bond acceptors (Lipinski definition) is 3. The molecule has 0 fully saturated rings. The van der Waals surface area contributed by atoms with Crippen LogP contribution in [-0.2, 0) is 4.79 Å². The van der Waals surface area contributed by atoms with Crippen molar-refractivity contribution in [3.05, 3.63) is 46.5 Å². The molecule has 7 heteroatoms. The number of benzene rings is 1. The van der Waals surface area contributed by atoms with Gasteiger partial charge in [0.2, 0.25) is 0 Å². The fourth-order valence-electron chi connectivity index (χ4n) is 2.56. The third kappa shape index (κ3) is 3.18. The molecular formula is C16H14F3NO3. The Morgan fingerprint density at radius 1 is 1.13 bits per heavy atom. The predicted octanol–water partition coefficient (Wildman–Crippen LogP) is 2.70. The van der Waals surface area contributed by atoms with Gasteiger partial charge in [-0.2, -0.15) is 13.2 Å². The summed E-state index contributed by atoms with van der Waals surface area (Å²) in [6.45, 7) is 2.58. The first-order valence-electron chi connectivity index (χ1n) is 6.88. The standard InChI is InChI=1S/C16H14F3NO3/c1-8(7-20-15(23)16(17,18)19)12-9(2)13(21)10-5-3-4-6-11(10)14(12)22/h3-6,8H,7H2,1-2H3,(H,20,23). The molecule has 1 atom stereocenters. The summed E-state index contributed by atoms with van der Waals surface area (Å²) in [5.41, 5.74) is 0.844. The van der Waals surface area contributed by atoms with Gasteiger partial charge in [0.25, 0.3) is 0 Å². The highest BCUT2D eigenvalue weighted by Crippen LogP contribution is 2.30. The third-order valence-corrected chi connectivity index (χ3v) is 3.72. The summed E-state index contributed by atoms with van der Waals surface area (Å²) in [7, 11) is 0. The fourth-order valence-corrected chi connectivity index (χ4v) is 2.56. The molecule has 1 aliphatic carbocycles. The van der Waals surface area contributed by atoms with Crippen LogP contribution in [0.2, 0.25) is 0 Å². The Morgan fingerprint density at radius 2 is 1.65 bits per heavy atom. The lowest BCUT2D eigenvalue weighted by Gasteiger charge is -2.23. The van der Waals surface area contributed by atoms with Crippen molar-refractivity contribution < 1.29 is 27.6 Å². The van der Waals surface area contributed by atoms with Crippen molar-refractivity contribution in [2.75, 3.05) is 6.54 Å². The van der Waals surface area contributed by atoms with Crippen LogP contribution in [0.25, 0.3) is 0 Å². The molecule has 122 valence electrons. The van der Waals surface area contributed by atoms with E-state index in [1.54, 1.807) is 17.4 Å². The van der Waals surface area contributed by atoms with E-state index in [0.717, 1.165) is 0 Å². The Hall–Kier alpha value is -2.44. The van der Waals surface area contributed by atoms with Crippen molar-refractivity contribution in [1.29, 1.82) is 0 Å². The maximum absolute atomic E-state index is 12.5. The second-order valence-corrected chi connectivity index (χ2v) is 5.35. The summed E-state index contributed by atoms with van der Waals surface area (Å²) >= 11 is 0. The number of fused-ring (bicyclic) bond motifs is 1. The Balaban J connectivity index is 2.25. The first-order chi connectivity index (χ1) is 10.6. The number of nitrogens with one attached hydrogen (secondary N) is 1. The zero-order chi connectivity index (χ0) is 17.4. The molecule has 1 aromatic rings. The Labute approximate surface area is 130 Å². The first kappa shape index (κ1) is 16.9. The van der Waals surface area contributed by atoms with Crippen molar-refractivity contribution in [2.45, 2.75) is 20.0 Å². The molecule has 0 bridgehead atoms. The van der Waals surface area contributed by atoms with Crippen molar-refractivity contribution >= 4 is 17.5 Å². The summed E-state index contributed by atoms with van der Waals surface area (Å²) in [5, 5.41) is 1.74. The van der Waals surface area contributed by atoms with Crippen LogP contribution in [0, 0.1) is 5.92 Å². The van der Waals surface area contributed by atoms with Gasteiger partial charge < -0.3 is 5.32 Å². The van der Waals surface area contributed by atoms with E-state index in [9.17, 15) is 27.6 Å². The molecule has 4 nitrogen and oxygen atoms in total. The summed E-state index contributed by atoms with van der Waals surface area (Å²) in [5.74, 6) is -3.51. The first-order valence-corrected chi connectivity index (χ1v) is 6.88. The largest absolute Gasteiger partial charge is 0.471 e. The molecule has 0 aromatic heterocycles. The third-order valence-electron chi connectivity index (χ3n) is 3.72. The number of allylic oxidation sites excluding steroid dienone is 1. The van der Waals surface area contributed by atoms with Crippen LogP contribution >= 0.6 is 0 Å². The molecule has 0 spiro atoms. The van der Waals surface area contributed by atoms with Gasteiger partial charge in [-0.05, 0) is 6.92 Å². The molecular weight excluding hydrogens is 311 g/mol. The number of alkyl halides is 3. The minimum absolute atomic E-state index is 0.135. The zero-order valence-corrected chi connectivity index (χ0v) is 12.5. The maximum Gasteiger partial charge on any atom is 0.471 e. The van der Waals surface area contributed by atoms with Crippen LogP contribution in [0.5, 0.6) is 0 Å². The number of Topliss-reactive ketones (excluding diaryl/α,β-unsaturated/α-hetero) is 2. The highest BCUT2D eigenvalue weighted by atomic mass is 19.4. The lowest BCUT2D eigenvalue weighted by atomic mass is 9.80. The molecule has 23 heavy (non-hydrogen) atoms. The molecule has 1 aromatic carbocycles. The van der Waals surface area contributed by atoms with E-state index in [1.807, 2.05) is 0 Å². The van der Waals surface area contributed by atoms with Gasteiger partial charge in [-0.25, -0.2) is 0 Å². The highest BCUT2D eigenvalue weighted by Gasteiger charge is 2.39. The lowest BCUT2D eigenvalue weighted by molar-refractivity contribution is -0.173. The summed E-state index contributed by atoms with van der Waals surface area (Å²) in [4.78, 5) is 35.7. The number of halogens is 3. The summed E-state index contributed by atoms with van der Waals surface area (Å²) < 4.78 is 36.6. The second kappa shape index (κ2) is 5.98. The molecule has 1 amide bonds. The van der Waals surface area contributed by atoms with E-state index in [4.69, 9.17) is 0 Å². The molecule has 0 heterocycles. The minimum Gasteiger partial charge on any atom is -0.348 e. The van der Waals surface area contributed by atoms with Gasteiger partial charge >= 0.3 is 12.1 Å². The molecule has 0 saturated heterocycles. The maximum atomic E-state index is 12.5. The molecule has 1 unspecified atom stereocenters.